The maximum atomic E-state index is 12.5. The van der Waals surface area contributed by atoms with Gasteiger partial charge in [-0.2, -0.15) is 0 Å². The van der Waals surface area contributed by atoms with Gasteiger partial charge in [-0.1, -0.05) is 20.8 Å². The number of hydrogen-bond acceptors (Lipinski definition) is 4. The van der Waals surface area contributed by atoms with Gasteiger partial charge in [-0.05, 0) is 17.8 Å². The first-order chi connectivity index (χ1) is 9.27. The first-order valence-electron chi connectivity index (χ1n) is 6.79. The number of nitrogens with one attached hydrogen (secondary N) is 1. The molecular formula is C14H21N3O2S. The third kappa shape index (κ3) is 3.56. The summed E-state index contributed by atoms with van der Waals surface area (Å²) in [6.45, 7) is 9.50. The zero-order valence-corrected chi connectivity index (χ0v) is 13.2. The molecule has 1 saturated heterocycles. The van der Waals surface area contributed by atoms with Crippen LogP contribution in [0.1, 0.15) is 44.6 Å². The maximum Gasteiger partial charge on any atom is 0.273 e. The second-order valence-electron chi connectivity index (χ2n) is 6.38. The maximum absolute atomic E-state index is 12.5. The van der Waals surface area contributed by atoms with E-state index in [-0.39, 0.29) is 17.2 Å². The van der Waals surface area contributed by atoms with Gasteiger partial charge >= 0.3 is 0 Å². The molecule has 0 saturated carbocycles. The van der Waals surface area contributed by atoms with Crippen molar-refractivity contribution in [1.29, 1.82) is 0 Å². The second-order valence-corrected chi connectivity index (χ2v) is 7.24. The zero-order valence-electron chi connectivity index (χ0n) is 12.4. The Morgan fingerprint density at radius 3 is 2.80 bits per heavy atom. The lowest BCUT2D eigenvalue weighted by Crippen LogP contribution is -2.47. The summed E-state index contributed by atoms with van der Waals surface area (Å²) in [7, 11) is 0. The van der Waals surface area contributed by atoms with Gasteiger partial charge in [0.1, 0.15) is 5.69 Å². The molecule has 5 nitrogen and oxygen atoms in total. The molecule has 110 valence electrons. The van der Waals surface area contributed by atoms with Crippen LogP contribution in [0.15, 0.2) is 5.38 Å². The molecule has 1 aliphatic heterocycles. The van der Waals surface area contributed by atoms with E-state index >= 15 is 0 Å². The van der Waals surface area contributed by atoms with Gasteiger partial charge in [-0.25, -0.2) is 4.98 Å². The molecule has 2 heterocycles. The lowest BCUT2D eigenvalue weighted by molar-refractivity contribution is -0.114. The Morgan fingerprint density at radius 2 is 2.20 bits per heavy atom. The average Bonchev–Trinajstić information content (AvgIpc) is 2.72. The molecule has 0 spiro atoms. The van der Waals surface area contributed by atoms with Crippen LogP contribution in [0.3, 0.4) is 0 Å². The minimum atomic E-state index is -0.175. The normalized spacial score (nSPS) is 21.6. The minimum Gasteiger partial charge on any atom is -0.336 e. The number of anilines is 1. The van der Waals surface area contributed by atoms with Crippen LogP contribution in [-0.4, -0.2) is 34.8 Å². The lowest BCUT2D eigenvalue weighted by atomic mass is 9.79. The number of nitrogens with zero attached hydrogens (tertiary/aromatic N) is 2. The summed E-state index contributed by atoms with van der Waals surface area (Å²) in [4.78, 5) is 29.5. The molecule has 1 N–H and O–H groups in total. The van der Waals surface area contributed by atoms with Crippen molar-refractivity contribution < 1.29 is 9.59 Å². The van der Waals surface area contributed by atoms with E-state index in [4.69, 9.17) is 0 Å². The van der Waals surface area contributed by atoms with Crippen LogP contribution in [0.5, 0.6) is 0 Å². The number of thiazole rings is 1. The molecule has 0 radical (unpaired) electrons. The van der Waals surface area contributed by atoms with E-state index in [2.05, 4.69) is 31.1 Å². The largest absolute Gasteiger partial charge is 0.336 e. The number of piperidine rings is 1. The van der Waals surface area contributed by atoms with Crippen LogP contribution >= 0.6 is 11.3 Å². The number of hydrogen-bond donors (Lipinski definition) is 1. The highest BCUT2D eigenvalue weighted by atomic mass is 32.1. The van der Waals surface area contributed by atoms with Crippen LogP contribution in [0.25, 0.3) is 0 Å². The Bertz CT molecular complexity index is 524. The van der Waals surface area contributed by atoms with Crippen molar-refractivity contribution >= 4 is 28.3 Å². The molecule has 0 aliphatic carbocycles. The third-order valence-corrected chi connectivity index (χ3v) is 4.10. The van der Waals surface area contributed by atoms with Crippen LogP contribution in [0.4, 0.5) is 5.13 Å². The molecule has 0 aromatic carbocycles. The highest BCUT2D eigenvalue weighted by Crippen LogP contribution is 2.32. The molecule has 6 heteroatoms. The second kappa shape index (κ2) is 5.52. The molecule has 0 bridgehead atoms. The molecular weight excluding hydrogens is 274 g/mol. The Labute approximate surface area is 123 Å². The Kier molecular flexibility index (Phi) is 4.13. The number of carbonyl (C=O) groups excluding carboxylic acids is 2. The third-order valence-electron chi connectivity index (χ3n) is 3.35. The minimum absolute atomic E-state index is 0.0440. The summed E-state index contributed by atoms with van der Waals surface area (Å²) in [5.41, 5.74) is 0.563. The summed E-state index contributed by atoms with van der Waals surface area (Å²) in [5, 5.41) is 4.79. The molecule has 2 rings (SSSR count). The van der Waals surface area contributed by atoms with Gasteiger partial charge in [0.05, 0.1) is 0 Å². The summed E-state index contributed by atoms with van der Waals surface area (Å²) >= 11 is 1.28. The van der Waals surface area contributed by atoms with Crippen LogP contribution in [0, 0.1) is 11.3 Å². The van der Waals surface area contributed by atoms with Crippen LogP contribution < -0.4 is 5.32 Å². The van der Waals surface area contributed by atoms with Gasteiger partial charge in [0.2, 0.25) is 5.91 Å². The van der Waals surface area contributed by atoms with E-state index in [1.54, 1.807) is 5.38 Å². The van der Waals surface area contributed by atoms with E-state index in [9.17, 15) is 9.59 Å². The predicted octanol–water partition coefficient (Wildman–Crippen LogP) is 2.61. The predicted molar refractivity (Wildman–Crippen MR) is 79.9 cm³/mol. The zero-order chi connectivity index (χ0) is 14.9. The van der Waals surface area contributed by atoms with Gasteiger partial charge in [0.25, 0.3) is 5.91 Å². The molecule has 2 amide bonds. The molecule has 1 aromatic rings. The monoisotopic (exact) mass is 295 g/mol. The highest BCUT2D eigenvalue weighted by Gasteiger charge is 2.33. The first-order valence-corrected chi connectivity index (χ1v) is 7.67. The van der Waals surface area contributed by atoms with E-state index in [0.717, 1.165) is 19.5 Å². The standard InChI is InChI=1S/C14H21N3O2S/c1-9-5-14(3,4)8-17(6-9)12(19)11-7-20-13(16-11)15-10(2)18/h7,9H,5-6,8H2,1-4H3,(H,15,16,18). The van der Waals surface area contributed by atoms with Crippen molar-refractivity contribution in [3.8, 4) is 0 Å². The highest BCUT2D eigenvalue weighted by molar-refractivity contribution is 7.14. The molecule has 1 atom stereocenters. The fraction of sp³-hybridized carbons (Fsp3) is 0.643. The Hall–Kier alpha value is -1.43. The van der Waals surface area contributed by atoms with Crippen molar-refractivity contribution in [3.63, 3.8) is 0 Å². The van der Waals surface area contributed by atoms with Gasteiger partial charge in [-0.3, -0.25) is 9.59 Å². The Balaban J connectivity index is 2.10. The SMILES string of the molecule is CC(=O)Nc1nc(C(=O)N2CC(C)CC(C)(C)C2)cs1. The number of likely N-dealkylation sites (tertiary alicyclic amines) is 1. The smallest absolute Gasteiger partial charge is 0.273 e. The van der Waals surface area contributed by atoms with Crippen LogP contribution in [0.2, 0.25) is 0 Å². The fourth-order valence-corrected chi connectivity index (χ4v) is 3.66. The lowest BCUT2D eigenvalue weighted by Gasteiger charge is -2.41. The van der Waals surface area contributed by atoms with Crippen molar-refractivity contribution in [1.82, 2.24) is 9.88 Å². The number of carbonyl (C=O) groups is 2. The quantitative estimate of drug-likeness (QED) is 0.912. The first kappa shape index (κ1) is 15.0. The number of aromatic nitrogens is 1. The van der Waals surface area contributed by atoms with E-state index in [0.29, 0.717) is 16.7 Å². The topological polar surface area (TPSA) is 62.3 Å². The summed E-state index contributed by atoms with van der Waals surface area (Å²) in [6, 6.07) is 0. The van der Waals surface area contributed by atoms with Crippen molar-refractivity contribution in [2.24, 2.45) is 11.3 Å². The summed E-state index contributed by atoms with van der Waals surface area (Å²) in [5.74, 6) is 0.278. The van der Waals surface area contributed by atoms with E-state index in [1.165, 1.54) is 18.3 Å². The molecule has 20 heavy (non-hydrogen) atoms. The van der Waals surface area contributed by atoms with Crippen LogP contribution in [-0.2, 0) is 4.79 Å². The molecule has 1 aromatic heterocycles. The molecule has 1 aliphatic rings. The van der Waals surface area contributed by atoms with E-state index in [1.807, 2.05) is 4.90 Å². The molecule has 1 unspecified atom stereocenters. The number of amides is 2. The van der Waals surface area contributed by atoms with Gasteiger partial charge in [-0.15, -0.1) is 11.3 Å². The summed E-state index contributed by atoms with van der Waals surface area (Å²) < 4.78 is 0. The van der Waals surface area contributed by atoms with Gasteiger partial charge in [0, 0.05) is 25.4 Å². The number of rotatable bonds is 2. The van der Waals surface area contributed by atoms with E-state index < -0.39 is 0 Å². The molecule has 1 fully saturated rings. The van der Waals surface area contributed by atoms with Crippen molar-refractivity contribution in [3.05, 3.63) is 11.1 Å². The van der Waals surface area contributed by atoms with Crippen molar-refractivity contribution in [2.45, 2.75) is 34.1 Å². The summed E-state index contributed by atoms with van der Waals surface area (Å²) in [6.07, 6.45) is 1.13. The van der Waals surface area contributed by atoms with Gasteiger partial charge in [0.15, 0.2) is 5.13 Å². The average molecular weight is 295 g/mol. The van der Waals surface area contributed by atoms with Crippen molar-refractivity contribution in [2.75, 3.05) is 18.4 Å². The fourth-order valence-electron chi connectivity index (χ4n) is 2.93. The van der Waals surface area contributed by atoms with Gasteiger partial charge < -0.3 is 10.2 Å². The Morgan fingerprint density at radius 1 is 1.50 bits per heavy atom.